The van der Waals surface area contributed by atoms with Gasteiger partial charge >= 0.3 is 0 Å². The van der Waals surface area contributed by atoms with Gasteiger partial charge in [0.15, 0.2) is 5.58 Å². The van der Waals surface area contributed by atoms with Gasteiger partial charge in [0.1, 0.15) is 5.52 Å². The highest BCUT2D eigenvalue weighted by Crippen LogP contribution is 2.26. The molecule has 6 nitrogen and oxygen atoms in total. The van der Waals surface area contributed by atoms with Gasteiger partial charge in [0.05, 0.1) is 4.92 Å². The molecule has 1 aliphatic carbocycles. The average molecular weight is 275 g/mol. The van der Waals surface area contributed by atoms with E-state index in [9.17, 15) is 10.1 Å². The Balaban J connectivity index is 1.70. The summed E-state index contributed by atoms with van der Waals surface area (Å²) in [5.41, 5.74) is 1.12. The van der Waals surface area contributed by atoms with Crippen LogP contribution in [0.25, 0.3) is 11.1 Å². The normalized spacial score (nSPS) is 16.4. The lowest BCUT2D eigenvalue weighted by Gasteiger charge is -2.21. The highest BCUT2D eigenvalue weighted by Gasteiger charge is 2.15. The van der Waals surface area contributed by atoms with Gasteiger partial charge < -0.3 is 9.73 Å². The molecule has 1 aliphatic rings. The SMILES string of the molecule is O=[N+]([O-])c1ccc2oc(NCC3CCCCC3)nc2c1. The van der Waals surface area contributed by atoms with Crippen molar-refractivity contribution in [3.05, 3.63) is 28.3 Å². The molecule has 1 N–H and O–H groups in total. The van der Waals surface area contributed by atoms with Crippen LogP contribution in [0.2, 0.25) is 0 Å². The van der Waals surface area contributed by atoms with Crippen molar-refractivity contribution in [3.63, 3.8) is 0 Å². The molecule has 0 amide bonds. The van der Waals surface area contributed by atoms with Crippen LogP contribution >= 0.6 is 0 Å². The lowest BCUT2D eigenvalue weighted by molar-refractivity contribution is -0.384. The van der Waals surface area contributed by atoms with Gasteiger partial charge in [-0.15, -0.1) is 0 Å². The number of nitrogens with zero attached hydrogens (tertiary/aromatic N) is 2. The standard InChI is InChI=1S/C14H17N3O3/c18-17(19)11-6-7-13-12(8-11)16-14(20-13)15-9-10-4-2-1-3-5-10/h6-8,10H,1-5,9H2,(H,15,16). The Morgan fingerprint density at radius 1 is 1.35 bits per heavy atom. The zero-order valence-corrected chi connectivity index (χ0v) is 11.2. The number of nitro groups is 1. The maximum absolute atomic E-state index is 10.7. The van der Waals surface area contributed by atoms with E-state index in [0.717, 1.165) is 6.54 Å². The maximum Gasteiger partial charge on any atom is 0.295 e. The van der Waals surface area contributed by atoms with Gasteiger partial charge in [-0.2, -0.15) is 4.98 Å². The van der Waals surface area contributed by atoms with Crippen LogP contribution in [0, 0.1) is 16.0 Å². The number of anilines is 1. The molecule has 20 heavy (non-hydrogen) atoms. The van der Waals surface area contributed by atoms with Crippen molar-refractivity contribution < 1.29 is 9.34 Å². The van der Waals surface area contributed by atoms with E-state index in [1.165, 1.54) is 44.2 Å². The molecule has 1 fully saturated rings. The summed E-state index contributed by atoms with van der Waals surface area (Å²) in [5, 5.41) is 13.9. The van der Waals surface area contributed by atoms with E-state index in [-0.39, 0.29) is 5.69 Å². The molecule has 0 unspecified atom stereocenters. The van der Waals surface area contributed by atoms with Crippen molar-refractivity contribution >= 4 is 22.8 Å². The molecule has 0 atom stereocenters. The first-order chi connectivity index (χ1) is 9.72. The van der Waals surface area contributed by atoms with Gasteiger partial charge in [-0.25, -0.2) is 0 Å². The first kappa shape index (κ1) is 12.9. The summed E-state index contributed by atoms with van der Waals surface area (Å²) in [6.45, 7) is 0.856. The molecule has 1 aromatic carbocycles. The number of rotatable bonds is 4. The van der Waals surface area contributed by atoms with E-state index >= 15 is 0 Å². The summed E-state index contributed by atoms with van der Waals surface area (Å²) < 4.78 is 5.55. The molecule has 1 heterocycles. The molecule has 0 radical (unpaired) electrons. The van der Waals surface area contributed by atoms with Crippen LogP contribution in [0.5, 0.6) is 0 Å². The van der Waals surface area contributed by atoms with Crippen molar-refractivity contribution in [2.24, 2.45) is 5.92 Å². The van der Waals surface area contributed by atoms with Crippen LogP contribution in [-0.4, -0.2) is 16.5 Å². The van der Waals surface area contributed by atoms with Gasteiger partial charge in [0, 0.05) is 18.7 Å². The fourth-order valence-electron chi connectivity index (χ4n) is 2.73. The molecule has 0 bridgehead atoms. The molecule has 0 spiro atoms. The molecule has 2 aromatic rings. The van der Waals surface area contributed by atoms with Crippen molar-refractivity contribution in [1.82, 2.24) is 4.98 Å². The summed E-state index contributed by atoms with van der Waals surface area (Å²) >= 11 is 0. The predicted octanol–water partition coefficient (Wildman–Crippen LogP) is 3.73. The Morgan fingerprint density at radius 3 is 2.90 bits per heavy atom. The van der Waals surface area contributed by atoms with E-state index in [1.807, 2.05) is 0 Å². The van der Waals surface area contributed by atoms with Crippen molar-refractivity contribution in [2.75, 3.05) is 11.9 Å². The summed E-state index contributed by atoms with van der Waals surface area (Å²) in [6.07, 6.45) is 6.43. The molecular formula is C14H17N3O3. The summed E-state index contributed by atoms with van der Waals surface area (Å²) in [4.78, 5) is 14.5. The first-order valence-corrected chi connectivity index (χ1v) is 7.01. The zero-order chi connectivity index (χ0) is 13.9. The maximum atomic E-state index is 10.7. The Bertz CT molecular complexity index is 617. The average Bonchev–Trinajstić information content (AvgIpc) is 2.88. The van der Waals surface area contributed by atoms with Crippen LogP contribution in [0.4, 0.5) is 11.7 Å². The van der Waals surface area contributed by atoms with Gasteiger partial charge in [-0.05, 0) is 24.8 Å². The predicted molar refractivity (Wildman–Crippen MR) is 75.7 cm³/mol. The number of nitrogens with one attached hydrogen (secondary N) is 1. The molecule has 106 valence electrons. The number of hydrogen-bond acceptors (Lipinski definition) is 5. The van der Waals surface area contributed by atoms with Crippen molar-refractivity contribution in [2.45, 2.75) is 32.1 Å². The van der Waals surface area contributed by atoms with E-state index in [2.05, 4.69) is 10.3 Å². The second-order valence-electron chi connectivity index (χ2n) is 5.31. The highest BCUT2D eigenvalue weighted by molar-refractivity contribution is 5.77. The topological polar surface area (TPSA) is 81.2 Å². The van der Waals surface area contributed by atoms with Crippen molar-refractivity contribution in [1.29, 1.82) is 0 Å². The molecule has 6 heteroatoms. The number of benzene rings is 1. The molecule has 1 aromatic heterocycles. The third kappa shape index (κ3) is 2.74. The van der Waals surface area contributed by atoms with Crippen LogP contribution in [0.1, 0.15) is 32.1 Å². The number of fused-ring (bicyclic) bond motifs is 1. The van der Waals surface area contributed by atoms with E-state index in [4.69, 9.17) is 4.42 Å². The number of hydrogen-bond donors (Lipinski definition) is 1. The molecule has 1 saturated carbocycles. The lowest BCUT2D eigenvalue weighted by atomic mass is 9.89. The Kier molecular flexibility index (Phi) is 3.54. The quantitative estimate of drug-likeness (QED) is 0.679. The number of aromatic nitrogens is 1. The first-order valence-electron chi connectivity index (χ1n) is 7.01. The van der Waals surface area contributed by atoms with Gasteiger partial charge in [0.25, 0.3) is 11.7 Å². The van der Waals surface area contributed by atoms with Crippen LogP contribution in [0.3, 0.4) is 0 Å². The van der Waals surface area contributed by atoms with Crippen LogP contribution in [0.15, 0.2) is 22.6 Å². The molecule has 3 rings (SSSR count). The van der Waals surface area contributed by atoms with E-state index in [1.54, 1.807) is 6.07 Å². The third-order valence-corrected chi connectivity index (χ3v) is 3.85. The van der Waals surface area contributed by atoms with E-state index in [0.29, 0.717) is 23.0 Å². The van der Waals surface area contributed by atoms with Crippen LogP contribution < -0.4 is 5.32 Å². The summed E-state index contributed by atoms with van der Waals surface area (Å²) in [7, 11) is 0. The number of oxazole rings is 1. The minimum absolute atomic E-state index is 0.0321. The molecule has 0 saturated heterocycles. The van der Waals surface area contributed by atoms with Crippen LogP contribution in [-0.2, 0) is 0 Å². The Hall–Kier alpha value is -2.11. The summed E-state index contributed by atoms with van der Waals surface area (Å²) in [6, 6.07) is 4.90. The fourth-order valence-corrected chi connectivity index (χ4v) is 2.73. The van der Waals surface area contributed by atoms with Gasteiger partial charge in [-0.3, -0.25) is 10.1 Å². The Labute approximate surface area is 116 Å². The number of non-ortho nitro benzene ring substituents is 1. The van der Waals surface area contributed by atoms with Gasteiger partial charge in [-0.1, -0.05) is 19.3 Å². The van der Waals surface area contributed by atoms with Gasteiger partial charge in [0.2, 0.25) is 0 Å². The third-order valence-electron chi connectivity index (χ3n) is 3.85. The molecule has 0 aliphatic heterocycles. The summed E-state index contributed by atoms with van der Waals surface area (Å²) in [5.74, 6) is 0.674. The largest absolute Gasteiger partial charge is 0.424 e. The smallest absolute Gasteiger partial charge is 0.295 e. The number of nitro benzene ring substituents is 1. The zero-order valence-electron chi connectivity index (χ0n) is 11.2. The van der Waals surface area contributed by atoms with Crippen molar-refractivity contribution in [3.8, 4) is 0 Å². The lowest BCUT2D eigenvalue weighted by Crippen LogP contribution is -2.17. The highest BCUT2D eigenvalue weighted by atomic mass is 16.6. The monoisotopic (exact) mass is 275 g/mol. The minimum atomic E-state index is -0.427. The van der Waals surface area contributed by atoms with E-state index < -0.39 is 4.92 Å². The Morgan fingerprint density at radius 2 is 2.15 bits per heavy atom. The second kappa shape index (κ2) is 5.48. The fraction of sp³-hybridized carbons (Fsp3) is 0.500. The minimum Gasteiger partial charge on any atom is -0.424 e. The second-order valence-corrected chi connectivity index (χ2v) is 5.31. The molecular weight excluding hydrogens is 258 g/mol.